The van der Waals surface area contributed by atoms with Crippen molar-refractivity contribution in [3.63, 3.8) is 0 Å². The molecular formula is C6H3Cl4N. The van der Waals surface area contributed by atoms with E-state index in [4.69, 9.17) is 46.4 Å². The lowest BCUT2D eigenvalue weighted by Crippen LogP contribution is -1.85. The molecule has 0 aliphatic carbocycles. The normalized spacial score (nSPS) is 10.3. The summed E-state index contributed by atoms with van der Waals surface area (Å²) in [5.41, 5.74) is 0.651. The van der Waals surface area contributed by atoms with Gasteiger partial charge in [-0.05, 0) is 12.5 Å². The molecule has 0 bridgehead atoms. The van der Waals surface area contributed by atoms with Gasteiger partial charge in [0.05, 0.1) is 10.0 Å². The molecule has 0 atom stereocenters. The van der Waals surface area contributed by atoms with E-state index in [9.17, 15) is 0 Å². The number of nitrogens with zero attached hydrogens (tertiary/aromatic N) is 1. The molecule has 0 aliphatic rings. The van der Waals surface area contributed by atoms with E-state index in [1.54, 1.807) is 6.92 Å². The fourth-order valence-electron chi connectivity index (χ4n) is 0.590. The van der Waals surface area contributed by atoms with E-state index in [1.165, 1.54) is 0 Å². The summed E-state index contributed by atoms with van der Waals surface area (Å²) in [6.45, 7) is 1.73. The molecule has 0 aliphatic heterocycles. The maximum absolute atomic E-state index is 5.72. The van der Waals surface area contributed by atoms with E-state index in [0.717, 1.165) is 0 Å². The molecular weight excluding hydrogens is 228 g/mol. The summed E-state index contributed by atoms with van der Waals surface area (Å²) in [5.74, 6) is 0. The van der Waals surface area contributed by atoms with Gasteiger partial charge in [-0.25, -0.2) is 4.98 Å². The molecule has 0 radical (unpaired) electrons. The van der Waals surface area contributed by atoms with Crippen LogP contribution in [0, 0.1) is 6.92 Å². The van der Waals surface area contributed by atoms with Crippen LogP contribution in [0.4, 0.5) is 0 Å². The third-order valence-electron chi connectivity index (χ3n) is 1.22. The standard InChI is InChI=1S/C6H3Cl4N/c1-2-3(7)5(9)11-6(10)4(2)8/h1H3. The van der Waals surface area contributed by atoms with Gasteiger partial charge in [-0.2, -0.15) is 0 Å². The Morgan fingerprint density at radius 1 is 0.909 bits per heavy atom. The molecule has 0 fully saturated rings. The third-order valence-corrected chi connectivity index (χ3v) is 2.88. The van der Waals surface area contributed by atoms with Crippen LogP contribution in [0.15, 0.2) is 0 Å². The van der Waals surface area contributed by atoms with E-state index >= 15 is 0 Å². The number of aromatic nitrogens is 1. The Hall–Kier alpha value is 0.310. The molecule has 5 heteroatoms. The maximum Gasteiger partial charge on any atom is 0.149 e. The Morgan fingerprint density at radius 3 is 1.64 bits per heavy atom. The van der Waals surface area contributed by atoms with Gasteiger partial charge in [-0.1, -0.05) is 46.4 Å². The van der Waals surface area contributed by atoms with Crippen molar-refractivity contribution < 1.29 is 0 Å². The monoisotopic (exact) mass is 229 g/mol. The van der Waals surface area contributed by atoms with Gasteiger partial charge >= 0.3 is 0 Å². The van der Waals surface area contributed by atoms with E-state index in [2.05, 4.69) is 4.98 Å². The SMILES string of the molecule is Cc1c(Cl)c(Cl)nc(Cl)c1Cl. The largest absolute Gasteiger partial charge is 0.221 e. The van der Waals surface area contributed by atoms with Crippen LogP contribution in [0.2, 0.25) is 20.4 Å². The molecule has 11 heavy (non-hydrogen) atoms. The van der Waals surface area contributed by atoms with Crippen LogP contribution in [0.25, 0.3) is 0 Å². The lowest BCUT2D eigenvalue weighted by molar-refractivity contribution is 1.28. The van der Waals surface area contributed by atoms with E-state index < -0.39 is 0 Å². The van der Waals surface area contributed by atoms with Gasteiger partial charge in [0.2, 0.25) is 0 Å². The summed E-state index contributed by atoms with van der Waals surface area (Å²) in [6.07, 6.45) is 0. The molecule has 0 aromatic carbocycles. The van der Waals surface area contributed by atoms with Crippen molar-refractivity contribution in [2.75, 3.05) is 0 Å². The Balaban J connectivity index is 3.46. The van der Waals surface area contributed by atoms with E-state index in [-0.39, 0.29) is 10.3 Å². The molecule has 0 spiro atoms. The molecule has 0 unspecified atom stereocenters. The van der Waals surface area contributed by atoms with Gasteiger partial charge in [0.25, 0.3) is 0 Å². The summed E-state index contributed by atoms with van der Waals surface area (Å²) in [5, 5.41) is 1.05. The van der Waals surface area contributed by atoms with Crippen molar-refractivity contribution in [1.82, 2.24) is 4.98 Å². The first kappa shape index (κ1) is 9.40. The minimum absolute atomic E-state index is 0.179. The molecule has 0 N–H and O–H groups in total. The van der Waals surface area contributed by atoms with Gasteiger partial charge in [0.1, 0.15) is 10.3 Å². The van der Waals surface area contributed by atoms with Crippen molar-refractivity contribution in [3.8, 4) is 0 Å². The Bertz CT molecular complexity index is 271. The summed E-state index contributed by atoms with van der Waals surface area (Å²) in [7, 11) is 0. The second kappa shape index (κ2) is 3.36. The van der Waals surface area contributed by atoms with Gasteiger partial charge in [-0.3, -0.25) is 0 Å². The summed E-state index contributed by atoms with van der Waals surface area (Å²) in [6, 6.07) is 0. The number of pyridine rings is 1. The third kappa shape index (κ3) is 1.73. The van der Waals surface area contributed by atoms with Crippen LogP contribution < -0.4 is 0 Å². The lowest BCUT2D eigenvalue weighted by Gasteiger charge is -2.03. The zero-order chi connectivity index (χ0) is 8.59. The summed E-state index contributed by atoms with van der Waals surface area (Å²) in [4.78, 5) is 3.70. The maximum atomic E-state index is 5.72. The molecule has 1 aromatic rings. The average molecular weight is 231 g/mol. The lowest BCUT2D eigenvalue weighted by atomic mass is 10.3. The van der Waals surface area contributed by atoms with Gasteiger partial charge in [-0.15, -0.1) is 0 Å². The zero-order valence-electron chi connectivity index (χ0n) is 5.46. The predicted molar refractivity (Wildman–Crippen MR) is 49.0 cm³/mol. The Labute approximate surface area is 84.2 Å². The highest BCUT2D eigenvalue weighted by molar-refractivity contribution is 6.46. The Kier molecular flexibility index (Phi) is 2.87. The van der Waals surface area contributed by atoms with Crippen molar-refractivity contribution in [2.45, 2.75) is 6.92 Å². The minimum atomic E-state index is 0.179. The van der Waals surface area contributed by atoms with Crippen LogP contribution >= 0.6 is 46.4 Å². The first-order valence-corrected chi connectivity index (χ1v) is 4.22. The molecule has 1 rings (SSSR count). The Morgan fingerprint density at radius 2 is 1.27 bits per heavy atom. The second-order valence-corrected chi connectivity index (χ2v) is 3.42. The summed E-state index contributed by atoms with van der Waals surface area (Å²) >= 11 is 22.6. The minimum Gasteiger partial charge on any atom is -0.221 e. The number of hydrogen-bond acceptors (Lipinski definition) is 1. The molecule has 1 aromatic heterocycles. The van der Waals surface area contributed by atoms with Crippen LogP contribution in [-0.4, -0.2) is 4.98 Å². The summed E-state index contributed by atoms with van der Waals surface area (Å²) < 4.78 is 0. The first-order chi connectivity index (χ1) is 5.04. The average Bonchev–Trinajstić information content (AvgIpc) is 1.97. The van der Waals surface area contributed by atoms with Gasteiger partial charge in [0, 0.05) is 0 Å². The predicted octanol–water partition coefficient (Wildman–Crippen LogP) is 4.00. The molecule has 1 nitrogen and oxygen atoms in total. The van der Waals surface area contributed by atoms with E-state index in [1.807, 2.05) is 0 Å². The fraction of sp³-hybridized carbons (Fsp3) is 0.167. The quantitative estimate of drug-likeness (QED) is 0.614. The van der Waals surface area contributed by atoms with Crippen LogP contribution in [0.1, 0.15) is 5.56 Å². The van der Waals surface area contributed by atoms with E-state index in [0.29, 0.717) is 15.6 Å². The second-order valence-electron chi connectivity index (χ2n) is 1.95. The highest BCUT2D eigenvalue weighted by Crippen LogP contribution is 2.33. The molecule has 0 saturated heterocycles. The van der Waals surface area contributed by atoms with Gasteiger partial charge in [0.15, 0.2) is 0 Å². The van der Waals surface area contributed by atoms with Crippen molar-refractivity contribution in [1.29, 1.82) is 0 Å². The number of halogens is 4. The number of hydrogen-bond donors (Lipinski definition) is 0. The van der Waals surface area contributed by atoms with Crippen LogP contribution in [0.5, 0.6) is 0 Å². The van der Waals surface area contributed by atoms with Crippen molar-refractivity contribution >= 4 is 46.4 Å². The van der Waals surface area contributed by atoms with Crippen molar-refractivity contribution in [3.05, 3.63) is 25.9 Å². The molecule has 60 valence electrons. The van der Waals surface area contributed by atoms with Crippen molar-refractivity contribution in [2.24, 2.45) is 0 Å². The first-order valence-electron chi connectivity index (χ1n) is 2.70. The van der Waals surface area contributed by atoms with Crippen LogP contribution in [0.3, 0.4) is 0 Å². The van der Waals surface area contributed by atoms with Crippen LogP contribution in [-0.2, 0) is 0 Å². The molecule has 1 heterocycles. The molecule has 0 saturated carbocycles. The topological polar surface area (TPSA) is 12.9 Å². The molecule has 0 amide bonds. The smallest absolute Gasteiger partial charge is 0.149 e. The highest BCUT2D eigenvalue weighted by atomic mass is 35.5. The highest BCUT2D eigenvalue weighted by Gasteiger charge is 2.10. The number of rotatable bonds is 0. The fourth-order valence-corrected chi connectivity index (χ4v) is 1.41. The zero-order valence-corrected chi connectivity index (χ0v) is 8.48. The van der Waals surface area contributed by atoms with Gasteiger partial charge < -0.3 is 0 Å².